The van der Waals surface area contributed by atoms with E-state index < -0.39 is 5.72 Å². The Morgan fingerprint density at radius 3 is 2.36 bits per heavy atom. The average molecular weight is 335 g/mol. The lowest BCUT2D eigenvalue weighted by Gasteiger charge is -2.37. The highest BCUT2D eigenvalue weighted by atomic mass is 16.3. The first-order chi connectivity index (χ1) is 12.0. The number of hydrogen-bond acceptors (Lipinski definition) is 2. The molecule has 1 aliphatic heterocycles. The first kappa shape index (κ1) is 17.4. The quantitative estimate of drug-likeness (QED) is 0.868. The molecule has 1 unspecified atom stereocenters. The molecular formula is C22H25NO2. The molecule has 1 amide bonds. The number of carbonyl (C=O) groups excluding carboxylic acids is 1. The van der Waals surface area contributed by atoms with Gasteiger partial charge in [0, 0.05) is 24.6 Å². The summed E-state index contributed by atoms with van der Waals surface area (Å²) < 4.78 is 0. The molecule has 0 aromatic heterocycles. The van der Waals surface area contributed by atoms with Gasteiger partial charge in [0.2, 0.25) is 5.91 Å². The van der Waals surface area contributed by atoms with Crippen LogP contribution in [0.1, 0.15) is 36.5 Å². The Morgan fingerprint density at radius 2 is 1.72 bits per heavy atom. The predicted molar refractivity (Wildman–Crippen MR) is 101 cm³/mol. The number of hydrogen-bond donors (Lipinski definition) is 1. The first-order valence-electron chi connectivity index (χ1n) is 8.91. The van der Waals surface area contributed by atoms with Gasteiger partial charge in [-0.25, -0.2) is 0 Å². The van der Waals surface area contributed by atoms with Crippen LogP contribution in [-0.4, -0.2) is 28.2 Å². The Labute approximate surface area is 149 Å². The molecule has 1 aliphatic rings. The molecule has 2 aromatic carbocycles. The summed E-state index contributed by atoms with van der Waals surface area (Å²) in [4.78, 5) is 14.2. The number of aryl methyl sites for hydroxylation is 1. The summed E-state index contributed by atoms with van der Waals surface area (Å²) >= 11 is 0. The van der Waals surface area contributed by atoms with Crippen molar-refractivity contribution >= 4 is 11.5 Å². The highest BCUT2D eigenvalue weighted by Crippen LogP contribution is 2.39. The van der Waals surface area contributed by atoms with Crippen molar-refractivity contribution in [3.05, 3.63) is 77.4 Å². The maximum atomic E-state index is 12.6. The largest absolute Gasteiger partial charge is 0.366 e. The van der Waals surface area contributed by atoms with E-state index in [-0.39, 0.29) is 5.91 Å². The van der Waals surface area contributed by atoms with Gasteiger partial charge in [-0.2, -0.15) is 0 Å². The van der Waals surface area contributed by atoms with Crippen LogP contribution in [0.4, 0.5) is 0 Å². The zero-order chi connectivity index (χ0) is 17.9. The molecule has 1 N–H and O–H groups in total. The minimum Gasteiger partial charge on any atom is -0.366 e. The molecular weight excluding hydrogens is 310 g/mol. The van der Waals surface area contributed by atoms with Gasteiger partial charge in [0.05, 0.1) is 0 Å². The Hall–Kier alpha value is -2.39. The van der Waals surface area contributed by atoms with E-state index >= 15 is 0 Å². The average Bonchev–Trinajstić information content (AvgIpc) is 2.85. The van der Waals surface area contributed by atoms with E-state index in [9.17, 15) is 9.90 Å². The summed E-state index contributed by atoms with van der Waals surface area (Å²) in [6.45, 7) is 4.68. The molecule has 0 fully saturated rings. The minimum absolute atomic E-state index is 0.109. The van der Waals surface area contributed by atoms with Crippen LogP contribution in [0.15, 0.2) is 60.7 Å². The molecule has 25 heavy (non-hydrogen) atoms. The third kappa shape index (κ3) is 3.52. The van der Waals surface area contributed by atoms with Crippen molar-refractivity contribution in [2.45, 2.75) is 38.8 Å². The monoisotopic (exact) mass is 335 g/mol. The fraction of sp³-hybridized carbons (Fsp3) is 0.318. The van der Waals surface area contributed by atoms with Gasteiger partial charge >= 0.3 is 0 Å². The van der Waals surface area contributed by atoms with E-state index in [2.05, 4.69) is 6.92 Å². The lowest BCUT2D eigenvalue weighted by atomic mass is 9.90. The molecule has 2 aromatic rings. The van der Waals surface area contributed by atoms with Gasteiger partial charge in [-0.05, 0) is 24.5 Å². The van der Waals surface area contributed by atoms with Crippen molar-refractivity contribution in [1.29, 1.82) is 0 Å². The standard InChI is InChI=1S/C22H25NO2/c1-3-4-14-23-21(24)15-20(19-12-10-17(2)11-13-19)22(23,25)16-18-8-6-5-7-9-18/h5-13,15,25H,3-4,14,16H2,1-2H3. The number of amides is 1. The number of benzene rings is 2. The van der Waals surface area contributed by atoms with Gasteiger partial charge in [-0.1, -0.05) is 73.5 Å². The van der Waals surface area contributed by atoms with Gasteiger partial charge in [0.25, 0.3) is 0 Å². The summed E-state index contributed by atoms with van der Waals surface area (Å²) in [5, 5.41) is 11.6. The van der Waals surface area contributed by atoms with Crippen molar-refractivity contribution in [2.24, 2.45) is 0 Å². The number of unbranched alkanes of at least 4 members (excludes halogenated alkanes) is 1. The van der Waals surface area contributed by atoms with Crippen LogP contribution in [0.5, 0.6) is 0 Å². The lowest BCUT2D eigenvalue weighted by Crippen LogP contribution is -2.50. The second-order valence-corrected chi connectivity index (χ2v) is 6.75. The van der Waals surface area contributed by atoms with Crippen molar-refractivity contribution < 1.29 is 9.90 Å². The zero-order valence-corrected chi connectivity index (χ0v) is 14.9. The highest BCUT2D eigenvalue weighted by molar-refractivity contribution is 6.03. The van der Waals surface area contributed by atoms with E-state index in [1.807, 2.05) is 61.5 Å². The lowest BCUT2D eigenvalue weighted by molar-refractivity contribution is -0.140. The molecule has 0 saturated heterocycles. The van der Waals surface area contributed by atoms with Crippen LogP contribution < -0.4 is 0 Å². The van der Waals surface area contributed by atoms with Crippen molar-refractivity contribution in [1.82, 2.24) is 4.90 Å². The van der Waals surface area contributed by atoms with Gasteiger partial charge in [-0.15, -0.1) is 0 Å². The zero-order valence-electron chi connectivity index (χ0n) is 14.9. The summed E-state index contributed by atoms with van der Waals surface area (Å²) in [7, 11) is 0. The Kier molecular flexibility index (Phi) is 5.05. The topological polar surface area (TPSA) is 40.5 Å². The highest BCUT2D eigenvalue weighted by Gasteiger charge is 2.46. The first-order valence-corrected chi connectivity index (χ1v) is 8.91. The molecule has 3 rings (SSSR count). The molecule has 0 radical (unpaired) electrons. The molecule has 0 bridgehead atoms. The summed E-state index contributed by atoms with van der Waals surface area (Å²) in [6.07, 6.45) is 3.84. The summed E-state index contributed by atoms with van der Waals surface area (Å²) in [5.41, 5.74) is 2.46. The van der Waals surface area contributed by atoms with Crippen molar-refractivity contribution in [2.75, 3.05) is 6.54 Å². The maximum Gasteiger partial charge on any atom is 0.249 e. The number of rotatable bonds is 6. The second-order valence-electron chi connectivity index (χ2n) is 6.75. The number of nitrogens with zero attached hydrogens (tertiary/aromatic N) is 1. The maximum absolute atomic E-state index is 12.6. The van der Waals surface area contributed by atoms with Crippen LogP contribution >= 0.6 is 0 Å². The number of carbonyl (C=O) groups is 1. The Bertz CT molecular complexity index is 764. The third-order valence-corrected chi connectivity index (χ3v) is 4.80. The predicted octanol–water partition coefficient (Wildman–Crippen LogP) is 3.95. The molecule has 0 saturated carbocycles. The fourth-order valence-corrected chi connectivity index (χ4v) is 3.37. The molecule has 3 nitrogen and oxygen atoms in total. The van der Waals surface area contributed by atoms with Gasteiger partial charge in [0.1, 0.15) is 0 Å². The second kappa shape index (κ2) is 7.24. The third-order valence-electron chi connectivity index (χ3n) is 4.80. The summed E-state index contributed by atoms with van der Waals surface area (Å²) in [5.74, 6) is -0.109. The van der Waals surface area contributed by atoms with Crippen molar-refractivity contribution in [3.8, 4) is 0 Å². The van der Waals surface area contributed by atoms with Crippen LogP contribution in [0.3, 0.4) is 0 Å². The van der Waals surface area contributed by atoms with Crippen LogP contribution in [0, 0.1) is 6.92 Å². The minimum atomic E-state index is -1.30. The number of aliphatic hydroxyl groups is 1. The molecule has 3 heteroatoms. The van der Waals surface area contributed by atoms with Gasteiger partial charge in [0.15, 0.2) is 5.72 Å². The van der Waals surface area contributed by atoms with E-state index in [1.165, 1.54) is 0 Å². The SMILES string of the molecule is CCCCN1C(=O)C=C(c2ccc(C)cc2)C1(O)Cc1ccccc1. The van der Waals surface area contributed by atoms with Gasteiger partial charge < -0.3 is 10.0 Å². The smallest absolute Gasteiger partial charge is 0.249 e. The van der Waals surface area contributed by atoms with Crippen LogP contribution in [0.25, 0.3) is 5.57 Å². The van der Waals surface area contributed by atoms with E-state index in [1.54, 1.807) is 11.0 Å². The fourth-order valence-electron chi connectivity index (χ4n) is 3.37. The molecule has 1 heterocycles. The molecule has 1 atom stereocenters. The van der Waals surface area contributed by atoms with Crippen LogP contribution in [0.2, 0.25) is 0 Å². The Balaban J connectivity index is 2.00. The van der Waals surface area contributed by atoms with Crippen LogP contribution in [-0.2, 0) is 11.2 Å². The van der Waals surface area contributed by atoms with Gasteiger partial charge in [-0.3, -0.25) is 4.79 Å². The van der Waals surface area contributed by atoms with E-state index in [4.69, 9.17) is 0 Å². The normalized spacial score (nSPS) is 20.0. The van der Waals surface area contributed by atoms with Crippen molar-refractivity contribution in [3.63, 3.8) is 0 Å². The Morgan fingerprint density at radius 1 is 1.04 bits per heavy atom. The molecule has 0 spiro atoms. The molecule has 130 valence electrons. The van der Waals surface area contributed by atoms with E-state index in [0.717, 1.165) is 29.5 Å². The summed E-state index contributed by atoms with van der Waals surface area (Å²) in [6, 6.07) is 17.8. The van der Waals surface area contributed by atoms with E-state index in [0.29, 0.717) is 18.5 Å². The molecule has 0 aliphatic carbocycles.